The molecule has 1 aliphatic rings. The maximum absolute atomic E-state index is 11.8. The van der Waals surface area contributed by atoms with E-state index in [1.54, 1.807) is 0 Å². The largest absolute Gasteiger partial charge is 0.394 e. The number of hydrogen-bond donors (Lipinski definition) is 5. The Morgan fingerprint density at radius 1 is 1.29 bits per heavy atom. The number of hydrogen-bond acceptors (Lipinski definition) is 7. The standard InChI is InChI=1S/C6H11FO7/c7-14-6(12)5(11)4(10)3(9)2(1-8)13-6/h2-5,8-12H,1H2/t2-,3-,4+,5-,6?/m1/s1. The van der Waals surface area contributed by atoms with Gasteiger partial charge in [-0.05, 0) is 4.53 Å². The maximum atomic E-state index is 11.8. The fourth-order valence-electron chi connectivity index (χ4n) is 1.19. The summed E-state index contributed by atoms with van der Waals surface area (Å²) < 4.78 is 16.1. The first-order chi connectivity index (χ1) is 6.46. The molecule has 14 heavy (non-hydrogen) atoms. The third-order valence-electron chi connectivity index (χ3n) is 2.04. The van der Waals surface area contributed by atoms with Crippen molar-refractivity contribution in [3.8, 4) is 0 Å². The molecule has 0 aliphatic carbocycles. The van der Waals surface area contributed by atoms with Crippen LogP contribution in [0.4, 0.5) is 4.53 Å². The molecule has 0 aromatic carbocycles. The lowest BCUT2D eigenvalue weighted by molar-refractivity contribution is -0.500. The van der Waals surface area contributed by atoms with E-state index >= 15 is 0 Å². The van der Waals surface area contributed by atoms with E-state index in [0.717, 1.165) is 0 Å². The van der Waals surface area contributed by atoms with Gasteiger partial charge < -0.3 is 30.3 Å². The van der Waals surface area contributed by atoms with Crippen molar-refractivity contribution >= 4 is 0 Å². The summed E-state index contributed by atoms with van der Waals surface area (Å²) >= 11 is 0. The van der Waals surface area contributed by atoms with Crippen molar-refractivity contribution in [1.29, 1.82) is 0 Å². The average Bonchev–Trinajstić information content (AvgIpc) is 2.20. The van der Waals surface area contributed by atoms with E-state index in [-0.39, 0.29) is 0 Å². The van der Waals surface area contributed by atoms with Gasteiger partial charge in [0.25, 0.3) is 0 Å². The van der Waals surface area contributed by atoms with E-state index in [0.29, 0.717) is 0 Å². The normalized spacial score (nSPS) is 49.3. The fourth-order valence-corrected chi connectivity index (χ4v) is 1.19. The molecule has 5 atom stereocenters. The molecule has 8 heteroatoms. The van der Waals surface area contributed by atoms with Crippen molar-refractivity contribution in [2.75, 3.05) is 6.61 Å². The van der Waals surface area contributed by atoms with Crippen molar-refractivity contribution in [1.82, 2.24) is 0 Å². The molecule has 0 bridgehead atoms. The predicted octanol–water partition coefficient (Wildman–Crippen LogP) is -2.99. The van der Waals surface area contributed by atoms with E-state index < -0.39 is 37.0 Å². The highest BCUT2D eigenvalue weighted by Gasteiger charge is 2.55. The summed E-state index contributed by atoms with van der Waals surface area (Å²) in [4.78, 5) is 2.94. The van der Waals surface area contributed by atoms with Gasteiger partial charge in [-0.2, -0.15) is 0 Å². The molecule has 0 radical (unpaired) electrons. The Hall–Kier alpha value is -0.350. The highest BCUT2D eigenvalue weighted by atomic mass is 19.3. The van der Waals surface area contributed by atoms with Crippen molar-refractivity contribution < 1.29 is 39.7 Å². The van der Waals surface area contributed by atoms with Crippen LogP contribution in [0, 0.1) is 0 Å². The van der Waals surface area contributed by atoms with Crippen LogP contribution in [0.1, 0.15) is 0 Å². The molecule has 0 saturated carbocycles. The molecule has 0 spiro atoms. The van der Waals surface area contributed by atoms with Crippen LogP contribution in [0.3, 0.4) is 0 Å². The Morgan fingerprint density at radius 3 is 2.29 bits per heavy atom. The molecule has 1 unspecified atom stereocenters. The molecule has 0 amide bonds. The summed E-state index contributed by atoms with van der Waals surface area (Å²) in [6, 6.07) is 0. The van der Waals surface area contributed by atoms with Crippen LogP contribution in [0.15, 0.2) is 0 Å². The second-order valence-electron chi connectivity index (χ2n) is 2.97. The van der Waals surface area contributed by atoms with Crippen LogP contribution in [-0.4, -0.2) is 62.5 Å². The molecular formula is C6H11FO7. The molecule has 5 N–H and O–H groups in total. The minimum Gasteiger partial charge on any atom is -0.394 e. The van der Waals surface area contributed by atoms with Gasteiger partial charge in [0, 0.05) is 0 Å². The number of aliphatic hydroxyl groups excluding tert-OH is 4. The molecule has 1 saturated heterocycles. The highest BCUT2D eigenvalue weighted by molar-refractivity contribution is 4.91. The van der Waals surface area contributed by atoms with Gasteiger partial charge in [0.1, 0.15) is 18.3 Å². The molecule has 0 aromatic rings. The summed E-state index contributed by atoms with van der Waals surface area (Å²) in [5.41, 5.74) is 0. The molecule has 1 fully saturated rings. The van der Waals surface area contributed by atoms with Crippen molar-refractivity contribution in [3.05, 3.63) is 0 Å². The highest BCUT2D eigenvalue weighted by Crippen LogP contribution is 2.29. The molecule has 7 nitrogen and oxygen atoms in total. The summed E-state index contributed by atoms with van der Waals surface area (Å²) in [6.45, 7) is -0.781. The number of rotatable bonds is 2. The lowest BCUT2D eigenvalue weighted by Gasteiger charge is -2.42. The topological polar surface area (TPSA) is 120 Å². The number of halogens is 1. The lowest BCUT2D eigenvalue weighted by atomic mass is 9.98. The van der Waals surface area contributed by atoms with Crippen LogP contribution >= 0.6 is 0 Å². The monoisotopic (exact) mass is 214 g/mol. The summed E-state index contributed by atoms with van der Waals surface area (Å²) in [7, 11) is 0. The second-order valence-corrected chi connectivity index (χ2v) is 2.97. The van der Waals surface area contributed by atoms with Gasteiger partial charge in [0.15, 0.2) is 6.10 Å². The summed E-state index contributed by atoms with van der Waals surface area (Å²) in [5, 5.41) is 45.0. The van der Waals surface area contributed by atoms with Gasteiger partial charge in [0.2, 0.25) is 0 Å². The van der Waals surface area contributed by atoms with Gasteiger partial charge in [-0.15, -0.1) is 4.94 Å². The Morgan fingerprint density at radius 2 is 1.86 bits per heavy atom. The molecule has 0 aromatic heterocycles. The van der Waals surface area contributed by atoms with Crippen LogP contribution in [0.5, 0.6) is 0 Å². The third-order valence-corrected chi connectivity index (χ3v) is 2.04. The van der Waals surface area contributed by atoms with Gasteiger partial charge in [-0.1, -0.05) is 0 Å². The molecule has 1 aliphatic heterocycles. The van der Waals surface area contributed by atoms with Gasteiger partial charge in [-0.25, -0.2) is 0 Å². The minimum atomic E-state index is -3.08. The van der Waals surface area contributed by atoms with Crippen molar-refractivity contribution in [3.63, 3.8) is 0 Å². The Balaban J connectivity index is 2.84. The zero-order valence-electron chi connectivity index (χ0n) is 6.95. The molecule has 1 heterocycles. The van der Waals surface area contributed by atoms with Gasteiger partial charge in [-0.3, -0.25) is 0 Å². The maximum Gasteiger partial charge on any atom is 0.344 e. The summed E-state index contributed by atoms with van der Waals surface area (Å²) in [5.74, 6) is -3.08. The van der Waals surface area contributed by atoms with Crippen molar-refractivity contribution in [2.24, 2.45) is 0 Å². The minimum absolute atomic E-state index is 0.781. The Bertz CT molecular complexity index is 201. The lowest BCUT2D eigenvalue weighted by Crippen LogP contribution is -2.65. The SMILES string of the molecule is OC[C@H]1OC(O)(OF)[C@H](O)[C@@H](O)[C@@H]1O. The van der Waals surface area contributed by atoms with Crippen LogP contribution < -0.4 is 0 Å². The first-order valence-electron chi connectivity index (χ1n) is 3.81. The van der Waals surface area contributed by atoms with E-state index in [4.69, 9.17) is 25.5 Å². The van der Waals surface area contributed by atoms with E-state index in [1.807, 2.05) is 0 Å². The zero-order chi connectivity index (χ0) is 10.9. The first kappa shape index (κ1) is 11.7. The zero-order valence-corrected chi connectivity index (χ0v) is 6.95. The van der Waals surface area contributed by atoms with E-state index in [2.05, 4.69) is 9.68 Å². The first-order valence-corrected chi connectivity index (χ1v) is 3.81. The van der Waals surface area contributed by atoms with Gasteiger partial charge in [0.05, 0.1) is 6.61 Å². The Labute approximate surface area is 77.8 Å². The van der Waals surface area contributed by atoms with Gasteiger partial charge >= 0.3 is 5.97 Å². The van der Waals surface area contributed by atoms with Crippen LogP contribution in [0.25, 0.3) is 0 Å². The van der Waals surface area contributed by atoms with E-state index in [9.17, 15) is 4.53 Å². The number of aliphatic hydroxyl groups is 5. The summed E-state index contributed by atoms with van der Waals surface area (Å²) in [6.07, 6.45) is -7.16. The quantitative estimate of drug-likeness (QED) is 0.311. The predicted molar refractivity (Wildman–Crippen MR) is 37.1 cm³/mol. The van der Waals surface area contributed by atoms with Crippen LogP contribution in [0.2, 0.25) is 0 Å². The second kappa shape index (κ2) is 4.03. The van der Waals surface area contributed by atoms with Crippen LogP contribution in [-0.2, 0) is 9.68 Å². The number of ether oxygens (including phenoxy) is 1. The molecule has 1 rings (SSSR count). The molecular weight excluding hydrogens is 203 g/mol. The smallest absolute Gasteiger partial charge is 0.344 e. The van der Waals surface area contributed by atoms with E-state index in [1.165, 1.54) is 0 Å². The molecule has 84 valence electrons. The van der Waals surface area contributed by atoms with Crippen molar-refractivity contribution in [2.45, 2.75) is 30.4 Å². The average molecular weight is 214 g/mol. The third kappa shape index (κ3) is 1.73. The fraction of sp³-hybridized carbons (Fsp3) is 1.00. The Kier molecular flexibility index (Phi) is 3.37.